The molecule has 1 heterocycles. The van der Waals surface area contributed by atoms with Gasteiger partial charge >= 0.3 is 0 Å². The second-order valence-corrected chi connectivity index (χ2v) is 6.08. The molecule has 0 spiro atoms. The highest BCUT2D eigenvalue weighted by molar-refractivity contribution is 6.34. The average molecular weight is 390 g/mol. The summed E-state index contributed by atoms with van der Waals surface area (Å²) in [5.74, 6) is 1.70. The number of benzene rings is 2. The zero-order valence-corrected chi connectivity index (χ0v) is 15.8. The molecular weight excluding hydrogens is 370 g/mol. The van der Waals surface area contributed by atoms with Crippen LogP contribution in [0.15, 0.2) is 36.7 Å². The molecule has 0 aliphatic heterocycles. The van der Waals surface area contributed by atoms with Crippen LogP contribution in [-0.2, 0) is 4.74 Å². The van der Waals surface area contributed by atoms with Crippen molar-refractivity contribution in [3.05, 3.63) is 41.7 Å². The van der Waals surface area contributed by atoms with Gasteiger partial charge in [-0.25, -0.2) is 9.97 Å². The number of methoxy groups -OCH3 is 2. The van der Waals surface area contributed by atoms with Gasteiger partial charge in [-0.3, -0.25) is 0 Å². The van der Waals surface area contributed by atoms with Crippen molar-refractivity contribution in [2.75, 3.05) is 32.8 Å². The van der Waals surface area contributed by atoms with E-state index in [1.807, 2.05) is 0 Å². The van der Waals surface area contributed by atoms with Gasteiger partial charge in [-0.15, -0.1) is 0 Å². The predicted molar refractivity (Wildman–Crippen MR) is 104 cm³/mol. The van der Waals surface area contributed by atoms with Crippen molar-refractivity contribution in [2.45, 2.75) is 6.42 Å². The maximum Gasteiger partial charge on any atom is 0.163 e. The first-order valence-corrected chi connectivity index (χ1v) is 8.70. The topological polar surface area (TPSA) is 85.7 Å². The summed E-state index contributed by atoms with van der Waals surface area (Å²) in [5.41, 5.74) is 1.22. The molecule has 0 aliphatic rings. The number of rotatable bonds is 8. The predicted octanol–water partition coefficient (Wildman–Crippen LogP) is 4.16. The molecule has 0 fully saturated rings. The lowest BCUT2D eigenvalue weighted by Gasteiger charge is -2.14. The van der Waals surface area contributed by atoms with Crippen molar-refractivity contribution in [3.8, 4) is 17.2 Å². The minimum Gasteiger partial charge on any atom is -0.506 e. The lowest BCUT2D eigenvalue weighted by Crippen LogP contribution is -2.03. The van der Waals surface area contributed by atoms with Crippen LogP contribution >= 0.6 is 11.6 Å². The Balaban J connectivity index is 1.94. The largest absolute Gasteiger partial charge is 0.506 e. The minimum absolute atomic E-state index is 0.00986. The Hall–Kier alpha value is -2.77. The van der Waals surface area contributed by atoms with E-state index < -0.39 is 0 Å². The van der Waals surface area contributed by atoms with Crippen LogP contribution in [0.1, 0.15) is 6.42 Å². The lowest BCUT2D eigenvalue weighted by atomic mass is 10.2. The minimum atomic E-state index is -0.00986. The van der Waals surface area contributed by atoms with Gasteiger partial charge in [0.05, 0.1) is 24.9 Å². The van der Waals surface area contributed by atoms with Gasteiger partial charge in [0.1, 0.15) is 22.9 Å². The molecule has 0 atom stereocenters. The number of fused-ring (bicyclic) bond motifs is 1. The van der Waals surface area contributed by atoms with Gasteiger partial charge in [0, 0.05) is 31.6 Å². The van der Waals surface area contributed by atoms with Crippen LogP contribution in [0.25, 0.3) is 10.9 Å². The summed E-state index contributed by atoms with van der Waals surface area (Å²) in [6, 6.07) is 8.57. The monoisotopic (exact) mass is 389 g/mol. The van der Waals surface area contributed by atoms with Crippen LogP contribution in [-0.4, -0.2) is 42.5 Å². The fourth-order valence-electron chi connectivity index (χ4n) is 2.57. The van der Waals surface area contributed by atoms with Gasteiger partial charge < -0.3 is 24.6 Å². The molecule has 0 amide bonds. The van der Waals surface area contributed by atoms with Crippen molar-refractivity contribution < 1.29 is 19.3 Å². The third kappa shape index (κ3) is 4.32. The highest BCUT2D eigenvalue weighted by atomic mass is 35.5. The van der Waals surface area contributed by atoms with Crippen molar-refractivity contribution in [3.63, 3.8) is 0 Å². The zero-order valence-electron chi connectivity index (χ0n) is 15.0. The second-order valence-electron chi connectivity index (χ2n) is 5.70. The van der Waals surface area contributed by atoms with E-state index in [-0.39, 0.29) is 10.8 Å². The van der Waals surface area contributed by atoms with Crippen LogP contribution < -0.4 is 14.8 Å². The van der Waals surface area contributed by atoms with Gasteiger partial charge in [-0.2, -0.15) is 0 Å². The summed E-state index contributed by atoms with van der Waals surface area (Å²) < 4.78 is 16.3. The number of ether oxygens (including phenoxy) is 3. The fraction of sp³-hybridized carbons (Fsp3) is 0.263. The molecule has 3 aromatic rings. The standard InChI is InChI=1S/C19H20ClN3O4/c1-25-7-4-8-27-17-10-14-12(9-16(17)26-2)19(22-11-21-14)23-13-5-3-6-15(24)18(13)20/h3,5-6,9-11,24H,4,7-8H2,1-2H3,(H,21,22,23). The Kier molecular flexibility index (Phi) is 6.16. The van der Waals surface area contributed by atoms with Crippen LogP contribution in [0.5, 0.6) is 17.2 Å². The molecule has 2 aromatic carbocycles. The van der Waals surface area contributed by atoms with Gasteiger partial charge in [0.2, 0.25) is 0 Å². The number of nitrogens with one attached hydrogen (secondary N) is 1. The van der Waals surface area contributed by atoms with Crippen molar-refractivity contribution in [2.24, 2.45) is 0 Å². The quantitative estimate of drug-likeness (QED) is 0.559. The molecular formula is C19H20ClN3O4. The summed E-state index contributed by atoms with van der Waals surface area (Å²) in [7, 11) is 3.23. The molecule has 2 N–H and O–H groups in total. The number of phenols is 1. The van der Waals surface area contributed by atoms with Crippen LogP contribution in [0.2, 0.25) is 5.02 Å². The SMILES string of the molecule is COCCCOc1cc2ncnc(Nc3cccc(O)c3Cl)c2cc1OC. The molecule has 0 aliphatic carbocycles. The number of aromatic nitrogens is 2. The molecule has 8 heteroatoms. The Labute approximate surface area is 161 Å². The first-order valence-electron chi connectivity index (χ1n) is 8.33. The van der Waals surface area contributed by atoms with Crippen molar-refractivity contribution in [1.29, 1.82) is 0 Å². The Morgan fingerprint density at radius 2 is 1.96 bits per heavy atom. The molecule has 0 unspecified atom stereocenters. The molecule has 3 rings (SSSR count). The third-order valence-electron chi connectivity index (χ3n) is 3.90. The normalized spacial score (nSPS) is 10.8. The van der Waals surface area contributed by atoms with E-state index in [4.69, 9.17) is 25.8 Å². The number of aromatic hydroxyl groups is 1. The van der Waals surface area contributed by atoms with E-state index in [2.05, 4.69) is 15.3 Å². The highest BCUT2D eigenvalue weighted by Gasteiger charge is 2.13. The van der Waals surface area contributed by atoms with E-state index in [9.17, 15) is 5.11 Å². The molecule has 0 bridgehead atoms. The van der Waals surface area contributed by atoms with Gasteiger partial charge in [-0.05, 0) is 18.2 Å². The van der Waals surface area contributed by atoms with Gasteiger partial charge in [-0.1, -0.05) is 17.7 Å². The third-order valence-corrected chi connectivity index (χ3v) is 4.30. The smallest absolute Gasteiger partial charge is 0.163 e. The number of hydrogen-bond acceptors (Lipinski definition) is 7. The first-order chi connectivity index (χ1) is 13.1. The first kappa shape index (κ1) is 19.0. The number of anilines is 2. The van der Waals surface area contributed by atoms with E-state index in [1.54, 1.807) is 38.5 Å². The van der Waals surface area contributed by atoms with E-state index >= 15 is 0 Å². The lowest BCUT2D eigenvalue weighted by molar-refractivity contribution is 0.170. The number of phenolic OH excluding ortho intramolecular Hbond substituents is 1. The molecule has 0 saturated carbocycles. The van der Waals surface area contributed by atoms with Gasteiger partial charge in [0.15, 0.2) is 11.5 Å². The van der Waals surface area contributed by atoms with E-state index in [0.29, 0.717) is 41.7 Å². The molecule has 142 valence electrons. The van der Waals surface area contributed by atoms with Crippen LogP contribution in [0, 0.1) is 0 Å². The fourth-order valence-corrected chi connectivity index (χ4v) is 2.74. The maximum atomic E-state index is 9.78. The van der Waals surface area contributed by atoms with Crippen LogP contribution in [0.4, 0.5) is 11.5 Å². The Bertz CT molecular complexity index is 936. The van der Waals surface area contributed by atoms with Crippen LogP contribution in [0.3, 0.4) is 0 Å². The molecule has 27 heavy (non-hydrogen) atoms. The summed E-state index contributed by atoms with van der Waals surface area (Å²) in [4.78, 5) is 8.60. The van der Waals surface area contributed by atoms with Crippen molar-refractivity contribution in [1.82, 2.24) is 9.97 Å². The summed E-state index contributed by atoms with van der Waals surface area (Å²) >= 11 is 6.15. The molecule has 7 nitrogen and oxygen atoms in total. The summed E-state index contributed by atoms with van der Waals surface area (Å²) in [5, 5.41) is 13.9. The molecule has 0 radical (unpaired) electrons. The molecule has 0 saturated heterocycles. The maximum absolute atomic E-state index is 9.78. The van der Waals surface area contributed by atoms with E-state index in [0.717, 1.165) is 11.8 Å². The Morgan fingerprint density at radius 3 is 2.74 bits per heavy atom. The molecule has 1 aromatic heterocycles. The van der Waals surface area contributed by atoms with Crippen molar-refractivity contribution >= 4 is 34.0 Å². The number of halogens is 1. The number of nitrogens with zero attached hydrogens (tertiary/aromatic N) is 2. The Morgan fingerprint density at radius 1 is 1.11 bits per heavy atom. The van der Waals surface area contributed by atoms with Gasteiger partial charge in [0.25, 0.3) is 0 Å². The van der Waals surface area contributed by atoms with E-state index in [1.165, 1.54) is 12.4 Å². The number of hydrogen-bond donors (Lipinski definition) is 2. The second kappa shape index (κ2) is 8.75. The zero-order chi connectivity index (χ0) is 19.2. The summed E-state index contributed by atoms with van der Waals surface area (Å²) in [6.45, 7) is 1.13. The highest BCUT2D eigenvalue weighted by Crippen LogP contribution is 2.37. The average Bonchev–Trinajstić information content (AvgIpc) is 2.68. The summed E-state index contributed by atoms with van der Waals surface area (Å²) in [6.07, 6.45) is 2.22.